The normalized spacial score (nSPS) is 11.6. The Bertz CT molecular complexity index is 641. The molecule has 2 rings (SSSR count). The Hall–Kier alpha value is -1.58. The molecule has 0 aliphatic heterocycles. The molecule has 100 valence electrons. The van der Waals surface area contributed by atoms with Gasteiger partial charge >= 0.3 is 5.97 Å². The first-order chi connectivity index (χ1) is 8.84. The zero-order chi connectivity index (χ0) is 14.2. The molecule has 0 aliphatic carbocycles. The van der Waals surface area contributed by atoms with Gasteiger partial charge in [0.2, 0.25) is 0 Å². The molecular weight excluding hydrogens is 366 g/mol. The largest absolute Gasteiger partial charge is 0.479 e. The van der Waals surface area contributed by atoms with E-state index in [0.29, 0.717) is 9.13 Å². The average Bonchev–Trinajstić information content (AvgIpc) is 2.78. The molecule has 0 bridgehead atoms. The second-order valence-corrected chi connectivity index (χ2v) is 5.56. The molecule has 0 spiro atoms. The number of carbonyl (C=O) groups is 1. The number of rotatable bonds is 3. The van der Waals surface area contributed by atoms with Crippen molar-refractivity contribution >= 4 is 28.6 Å². The highest BCUT2D eigenvalue weighted by molar-refractivity contribution is 14.1. The number of benzene rings is 1. The summed E-state index contributed by atoms with van der Waals surface area (Å²) in [5, 5.41) is 20.3. The van der Waals surface area contributed by atoms with Crippen molar-refractivity contribution in [2.24, 2.45) is 0 Å². The molecule has 1 N–H and O–H groups in total. The van der Waals surface area contributed by atoms with Gasteiger partial charge in [0.1, 0.15) is 5.82 Å². The molecular formula is C11H10FIN4O2. The van der Waals surface area contributed by atoms with E-state index >= 15 is 0 Å². The maximum Gasteiger partial charge on any atom is 0.331 e. The van der Waals surface area contributed by atoms with Gasteiger partial charge in [0.25, 0.3) is 0 Å². The highest BCUT2D eigenvalue weighted by Gasteiger charge is 2.34. The van der Waals surface area contributed by atoms with Gasteiger partial charge in [-0.25, -0.2) is 13.9 Å². The zero-order valence-corrected chi connectivity index (χ0v) is 12.3. The minimum atomic E-state index is -1.30. The van der Waals surface area contributed by atoms with Crippen molar-refractivity contribution in [3.8, 4) is 11.4 Å². The lowest BCUT2D eigenvalue weighted by molar-refractivity contribution is -0.146. The maximum absolute atomic E-state index is 13.1. The first-order valence-electron chi connectivity index (χ1n) is 5.31. The van der Waals surface area contributed by atoms with Crippen LogP contribution in [-0.4, -0.2) is 31.3 Å². The second kappa shape index (κ2) is 4.83. The van der Waals surface area contributed by atoms with Crippen molar-refractivity contribution in [2.75, 3.05) is 0 Å². The molecule has 0 aliphatic rings. The molecule has 0 atom stereocenters. The molecule has 19 heavy (non-hydrogen) atoms. The Morgan fingerprint density at radius 1 is 1.47 bits per heavy atom. The molecule has 0 radical (unpaired) electrons. The summed E-state index contributed by atoms with van der Waals surface area (Å²) < 4.78 is 14.9. The molecule has 2 aromatic rings. The van der Waals surface area contributed by atoms with E-state index in [4.69, 9.17) is 0 Å². The van der Waals surface area contributed by atoms with Crippen LogP contribution in [0, 0.1) is 9.39 Å². The van der Waals surface area contributed by atoms with Crippen molar-refractivity contribution in [1.82, 2.24) is 20.2 Å². The van der Waals surface area contributed by atoms with Crippen LogP contribution in [0.4, 0.5) is 4.39 Å². The Labute approximate surface area is 121 Å². The third-order valence-electron chi connectivity index (χ3n) is 2.69. The fraction of sp³-hybridized carbons (Fsp3) is 0.273. The number of carboxylic acids is 1. The summed E-state index contributed by atoms with van der Waals surface area (Å²) in [6.07, 6.45) is 0. The first kappa shape index (κ1) is 13.8. The lowest BCUT2D eigenvalue weighted by atomic mass is 10.1. The number of nitrogens with zero attached hydrogens (tertiary/aromatic N) is 4. The summed E-state index contributed by atoms with van der Waals surface area (Å²) in [7, 11) is 0. The van der Waals surface area contributed by atoms with E-state index in [-0.39, 0.29) is 11.6 Å². The number of aliphatic carboxylic acids is 1. The fourth-order valence-electron chi connectivity index (χ4n) is 1.49. The number of halogens is 2. The summed E-state index contributed by atoms with van der Waals surface area (Å²) in [6.45, 7) is 2.98. The Balaban J connectivity index is 2.60. The Kier molecular flexibility index (Phi) is 3.52. The van der Waals surface area contributed by atoms with E-state index in [1.54, 1.807) is 0 Å². The van der Waals surface area contributed by atoms with Crippen LogP contribution in [0.25, 0.3) is 11.4 Å². The van der Waals surface area contributed by atoms with Crippen molar-refractivity contribution in [3.05, 3.63) is 27.6 Å². The van der Waals surface area contributed by atoms with Crippen LogP contribution in [0.1, 0.15) is 13.8 Å². The van der Waals surface area contributed by atoms with Gasteiger partial charge < -0.3 is 5.11 Å². The number of tetrazole rings is 1. The average molecular weight is 376 g/mol. The van der Waals surface area contributed by atoms with E-state index in [2.05, 4.69) is 15.5 Å². The Morgan fingerprint density at radius 2 is 2.16 bits per heavy atom. The summed E-state index contributed by atoms with van der Waals surface area (Å²) >= 11 is 1.95. The number of carboxylic acid groups (broad SMARTS) is 1. The monoisotopic (exact) mass is 376 g/mol. The first-order valence-corrected chi connectivity index (χ1v) is 6.39. The molecule has 0 saturated carbocycles. The van der Waals surface area contributed by atoms with E-state index in [0.717, 1.165) is 0 Å². The van der Waals surface area contributed by atoms with Crippen molar-refractivity contribution < 1.29 is 14.3 Å². The molecule has 1 aromatic heterocycles. The minimum absolute atomic E-state index is 0.289. The molecule has 8 heteroatoms. The highest BCUT2D eigenvalue weighted by atomic mass is 127. The lowest BCUT2D eigenvalue weighted by Crippen LogP contribution is -2.37. The zero-order valence-electron chi connectivity index (χ0n) is 10.1. The molecule has 0 fully saturated rings. The summed E-state index contributed by atoms with van der Waals surface area (Å²) in [5.41, 5.74) is -0.711. The molecule has 1 heterocycles. The van der Waals surface area contributed by atoms with Crippen LogP contribution in [-0.2, 0) is 10.3 Å². The third kappa shape index (κ3) is 2.44. The van der Waals surface area contributed by atoms with Crippen LogP contribution >= 0.6 is 22.6 Å². The van der Waals surface area contributed by atoms with Crippen LogP contribution in [0.2, 0.25) is 0 Å². The lowest BCUT2D eigenvalue weighted by Gasteiger charge is -2.20. The van der Waals surface area contributed by atoms with Gasteiger partial charge in [-0.1, -0.05) is 0 Å². The van der Waals surface area contributed by atoms with Gasteiger partial charge in [-0.2, -0.15) is 0 Å². The standard InChI is InChI=1S/C11H10FIN4O2/c1-11(2,10(18)19)17-9(14-15-16-17)7-4-3-6(12)5-8(7)13/h3-5H,1-2H3,(H,18,19). The Morgan fingerprint density at radius 3 is 2.74 bits per heavy atom. The van der Waals surface area contributed by atoms with E-state index in [1.807, 2.05) is 22.6 Å². The number of aromatic nitrogens is 4. The number of hydrogen-bond donors (Lipinski definition) is 1. The molecule has 0 saturated heterocycles. The molecule has 0 amide bonds. The molecule has 0 unspecified atom stereocenters. The van der Waals surface area contributed by atoms with Gasteiger partial charge in [-0.05, 0) is 65.1 Å². The molecule has 1 aromatic carbocycles. The number of hydrogen-bond acceptors (Lipinski definition) is 4. The van der Waals surface area contributed by atoms with E-state index < -0.39 is 11.5 Å². The van der Waals surface area contributed by atoms with Crippen LogP contribution in [0.5, 0.6) is 0 Å². The van der Waals surface area contributed by atoms with Crippen LogP contribution in [0.15, 0.2) is 18.2 Å². The van der Waals surface area contributed by atoms with E-state index in [1.165, 1.54) is 36.7 Å². The van der Waals surface area contributed by atoms with Gasteiger partial charge in [0.15, 0.2) is 11.4 Å². The van der Waals surface area contributed by atoms with Gasteiger partial charge in [0.05, 0.1) is 0 Å². The highest BCUT2D eigenvalue weighted by Crippen LogP contribution is 2.27. The predicted octanol–water partition coefficient (Wildman–Crippen LogP) is 1.90. The maximum atomic E-state index is 13.1. The second-order valence-electron chi connectivity index (χ2n) is 4.40. The van der Waals surface area contributed by atoms with Gasteiger partial charge in [0, 0.05) is 9.13 Å². The minimum Gasteiger partial charge on any atom is -0.479 e. The van der Waals surface area contributed by atoms with Gasteiger partial charge in [-0.15, -0.1) is 5.10 Å². The van der Waals surface area contributed by atoms with Gasteiger partial charge in [-0.3, -0.25) is 0 Å². The third-order valence-corrected chi connectivity index (χ3v) is 3.59. The van der Waals surface area contributed by atoms with Crippen molar-refractivity contribution in [3.63, 3.8) is 0 Å². The summed E-state index contributed by atoms with van der Waals surface area (Å²) in [5.74, 6) is -1.14. The van der Waals surface area contributed by atoms with Crippen molar-refractivity contribution in [1.29, 1.82) is 0 Å². The van der Waals surface area contributed by atoms with Crippen LogP contribution < -0.4 is 0 Å². The summed E-state index contributed by atoms with van der Waals surface area (Å²) in [6, 6.07) is 4.14. The quantitative estimate of drug-likeness (QED) is 0.828. The SMILES string of the molecule is CC(C)(C(=O)O)n1nnnc1-c1ccc(F)cc1I. The topological polar surface area (TPSA) is 80.9 Å². The smallest absolute Gasteiger partial charge is 0.331 e. The van der Waals surface area contributed by atoms with E-state index in [9.17, 15) is 14.3 Å². The summed E-state index contributed by atoms with van der Waals surface area (Å²) in [4.78, 5) is 11.3. The molecule has 6 nitrogen and oxygen atoms in total. The fourth-order valence-corrected chi connectivity index (χ4v) is 2.21. The van der Waals surface area contributed by atoms with Crippen molar-refractivity contribution in [2.45, 2.75) is 19.4 Å². The van der Waals surface area contributed by atoms with Crippen LogP contribution in [0.3, 0.4) is 0 Å². The predicted molar refractivity (Wildman–Crippen MR) is 72.9 cm³/mol.